The van der Waals surface area contributed by atoms with Gasteiger partial charge in [-0.15, -0.1) is 0 Å². The standard InChI is InChI=1S/C34H50O2/c1-23(2)10-9-11-24(3)28-16-17-29-27-15-14-26-22-34(36,31(35)25-12-7-6-8-13-25)21-20-32(26,4)30(27)18-19-33(28,29)5/h6-8,12-14,23-24,27-30,36H,9-11,15-22H2,1-5H3/t24-,27+,28-,29+,30+,32+,33-,34+/m1/s1. The molecule has 1 aromatic carbocycles. The van der Waals surface area contributed by atoms with E-state index in [1.54, 1.807) is 0 Å². The van der Waals surface area contributed by atoms with Crippen LogP contribution in [0.3, 0.4) is 0 Å². The highest BCUT2D eigenvalue weighted by molar-refractivity contribution is 6.02. The molecule has 3 saturated carbocycles. The minimum absolute atomic E-state index is 0.0884. The van der Waals surface area contributed by atoms with Crippen molar-refractivity contribution in [2.45, 2.75) is 111 Å². The van der Waals surface area contributed by atoms with E-state index in [0.717, 1.165) is 42.4 Å². The summed E-state index contributed by atoms with van der Waals surface area (Å²) in [4.78, 5) is 13.3. The van der Waals surface area contributed by atoms with Crippen molar-refractivity contribution in [3.63, 3.8) is 0 Å². The second-order valence-electron chi connectivity index (χ2n) is 14.2. The normalized spacial score (nSPS) is 40.7. The van der Waals surface area contributed by atoms with Gasteiger partial charge in [0, 0.05) is 12.0 Å². The van der Waals surface area contributed by atoms with E-state index in [1.165, 1.54) is 50.5 Å². The smallest absolute Gasteiger partial charge is 0.194 e. The van der Waals surface area contributed by atoms with Gasteiger partial charge in [0.05, 0.1) is 0 Å². The third-order valence-electron chi connectivity index (χ3n) is 11.8. The number of hydrogen-bond donors (Lipinski definition) is 1. The number of hydrogen-bond acceptors (Lipinski definition) is 2. The number of Topliss-reactive ketones (excluding diaryl/α,β-unsaturated/α-hetero) is 1. The molecule has 0 aliphatic heterocycles. The van der Waals surface area contributed by atoms with Crippen molar-refractivity contribution < 1.29 is 9.90 Å². The third kappa shape index (κ3) is 4.34. The summed E-state index contributed by atoms with van der Waals surface area (Å²) in [6.45, 7) is 12.4. The number of aliphatic hydroxyl groups is 1. The van der Waals surface area contributed by atoms with Gasteiger partial charge in [0.15, 0.2) is 5.78 Å². The summed E-state index contributed by atoms with van der Waals surface area (Å²) < 4.78 is 0. The fourth-order valence-corrected chi connectivity index (χ4v) is 9.72. The highest BCUT2D eigenvalue weighted by Crippen LogP contribution is 2.67. The lowest BCUT2D eigenvalue weighted by atomic mass is 9.46. The number of benzene rings is 1. The summed E-state index contributed by atoms with van der Waals surface area (Å²) in [5.41, 5.74) is 1.42. The zero-order valence-electron chi connectivity index (χ0n) is 23.6. The molecular formula is C34H50O2. The molecule has 1 aromatic rings. The molecule has 3 fully saturated rings. The molecule has 0 bridgehead atoms. The second-order valence-corrected chi connectivity index (χ2v) is 14.2. The van der Waals surface area contributed by atoms with Crippen molar-refractivity contribution in [1.82, 2.24) is 0 Å². The Balaban J connectivity index is 1.32. The maximum absolute atomic E-state index is 13.3. The van der Waals surface area contributed by atoms with Crippen molar-refractivity contribution in [3.05, 3.63) is 47.5 Å². The van der Waals surface area contributed by atoms with E-state index in [9.17, 15) is 9.90 Å². The minimum Gasteiger partial charge on any atom is -0.381 e. The summed E-state index contributed by atoms with van der Waals surface area (Å²) in [5, 5.41) is 11.5. The Morgan fingerprint density at radius 3 is 2.44 bits per heavy atom. The van der Waals surface area contributed by atoms with Crippen molar-refractivity contribution in [1.29, 1.82) is 0 Å². The molecule has 0 amide bonds. The molecule has 0 aromatic heterocycles. The molecule has 8 atom stereocenters. The van der Waals surface area contributed by atoms with Crippen LogP contribution in [0.15, 0.2) is 42.0 Å². The number of fused-ring (bicyclic) bond motifs is 5. The Morgan fingerprint density at radius 1 is 0.972 bits per heavy atom. The maximum atomic E-state index is 13.3. The lowest BCUT2D eigenvalue weighted by molar-refractivity contribution is -0.0672. The monoisotopic (exact) mass is 490 g/mol. The van der Waals surface area contributed by atoms with E-state index in [1.807, 2.05) is 30.3 Å². The largest absolute Gasteiger partial charge is 0.381 e. The van der Waals surface area contributed by atoms with Crippen LogP contribution in [0, 0.1) is 46.3 Å². The lowest BCUT2D eigenvalue weighted by Gasteiger charge is -2.59. The van der Waals surface area contributed by atoms with Crippen LogP contribution in [0.25, 0.3) is 0 Å². The number of rotatable bonds is 7. The van der Waals surface area contributed by atoms with Crippen molar-refractivity contribution in [2.24, 2.45) is 46.3 Å². The molecular weight excluding hydrogens is 440 g/mol. The molecule has 0 unspecified atom stereocenters. The first-order valence-corrected chi connectivity index (χ1v) is 15.1. The Bertz CT molecular complexity index is 978. The lowest BCUT2D eigenvalue weighted by Crippen LogP contribution is -2.54. The van der Waals surface area contributed by atoms with Crippen LogP contribution in [0.1, 0.15) is 116 Å². The quantitative estimate of drug-likeness (QED) is 0.307. The first-order valence-electron chi connectivity index (χ1n) is 15.1. The summed E-state index contributed by atoms with van der Waals surface area (Å²) in [7, 11) is 0. The summed E-state index contributed by atoms with van der Waals surface area (Å²) in [6.07, 6.45) is 15.4. The van der Waals surface area contributed by atoms with Gasteiger partial charge in [0.25, 0.3) is 0 Å². The van der Waals surface area contributed by atoms with Crippen molar-refractivity contribution in [3.8, 4) is 0 Å². The van der Waals surface area contributed by atoms with Gasteiger partial charge in [-0.1, -0.05) is 95.9 Å². The zero-order valence-corrected chi connectivity index (χ0v) is 23.6. The first kappa shape index (κ1) is 26.2. The number of carbonyl (C=O) groups is 1. The molecule has 198 valence electrons. The first-order chi connectivity index (χ1) is 17.1. The van der Waals surface area contributed by atoms with Gasteiger partial charge in [0.2, 0.25) is 0 Å². The number of allylic oxidation sites excluding steroid dienone is 1. The molecule has 2 heteroatoms. The van der Waals surface area contributed by atoms with Crippen molar-refractivity contribution >= 4 is 5.78 Å². The summed E-state index contributed by atoms with van der Waals surface area (Å²) >= 11 is 0. The molecule has 4 aliphatic rings. The second kappa shape index (κ2) is 9.72. The van der Waals surface area contributed by atoms with Gasteiger partial charge in [-0.05, 0) is 91.3 Å². The van der Waals surface area contributed by atoms with Crippen LogP contribution in [-0.4, -0.2) is 16.5 Å². The van der Waals surface area contributed by atoms with Crippen molar-refractivity contribution in [2.75, 3.05) is 0 Å². The number of carbonyl (C=O) groups excluding carboxylic acids is 1. The highest BCUT2D eigenvalue weighted by Gasteiger charge is 2.60. The van der Waals surface area contributed by atoms with Gasteiger partial charge in [-0.2, -0.15) is 0 Å². The summed E-state index contributed by atoms with van der Waals surface area (Å²) in [5.74, 6) is 4.79. The molecule has 2 nitrogen and oxygen atoms in total. The van der Waals surface area contributed by atoms with Gasteiger partial charge in [-0.3, -0.25) is 4.79 Å². The molecule has 5 rings (SSSR count). The van der Waals surface area contributed by atoms with E-state index in [-0.39, 0.29) is 11.2 Å². The van der Waals surface area contributed by atoms with E-state index in [0.29, 0.717) is 29.7 Å². The van der Waals surface area contributed by atoms with Crippen LogP contribution in [0.4, 0.5) is 0 Å². The van der Waals surface area contributed by atoms with Gasteiger partial charge in [-0.25, -0.2) is 0 Å². The molecule has 36 heavy (non-hydrogen) atoms. The van der Waals surface area contributed by atoms with Gasteiger partial charge in [0.1, 0.15) is 5.60 Å². The predicted octanol–water partition coefficient (Wildman–Crippen LogP) is 8.64. The van der Waals surface area contributed by atoms with Crippen LogP contribution >= 0.6 is 0 Å². The third-order valence-corrected chi connectivity index (χ3v) is 11.8. The summed E-state index contributed by atoms with van der Waals surface area (Å²) in [6, 6.07) is 9.42. The maximum Gasteiger partial charge on any atom is 0.194 e. The van der Waals surface area contributed by atoms with E-state index < -0.39 is 5.60 Å². The molecule has 0 radical (unpaired) electrons. The minimum atomic E-state index is -1.24. The SMILES string of the molecule is CC(C)CCC[C@@H](C)[C@H]1CC[C@H]2[C@@H]3CC=C4C[C@](O)(C(=O)c5ccccc5)CC[C@]4(C)[C@H]3CC[C@]12C. The van der Waals surface area contributed by atoms with E-state index >= 15 is 0 Å². The molecule has 0 heterocycles. The Hall–Kier alpha value is -1.41. The fourth-order valence-electron chi connectivity index (χ4n) is 9.72. The molecule has 0 saturated heterocycles. The van der Waals surface area contributed by atoms with E-state index in [4.69, 9.17) is 0 Å². The Morgan fingerprint density at radius 2 is 1.72 bits per heavy atom. The molecule has 4 aliphatic carbocycles. The molecule has 0 spiro atoms. The average molecular weight is 491 g/mol. The number of ketones is 1. The van der Waals surface area contributed by atoms with Crippen LogP contribution in [-0.2, 0) is 0 Å². The Kier molecular flexibility index (Phi) is 7.07. The Labute approximate surface area is 220 Å². The zero-order chi connectivity index (χ0) is 25.7. The fraction of sp³-hybridized carbons (Fsp3) is 0.735. The molecule has 1 N–H and O–H groups in total. The predicted molar refractivity (Wildman–Crippen MR) is 149 cm³/mol. The van der Waals surface area contributed by atoms with Crippen LogP contribution in [0.5, 0.6) is 0 Å². The van der Waals surface area contributed by atoms with Crippen LogP contribution in [0.2, 0.25) is 0 Å². The highest BCUT2D eigenvalue weighted by atomic mass is 16.3. The topological polar surface area (TPSA) is 37.3 Å². The van der Waals surface area contributed by atoms with Crippen LogP contribution < -0.4 is 0 Å². The van der Waals surface area contributed by atoms with Gasteiger partial charge < -0.3 is 5.11 Å². The average Bonchev–Trinajstić information content (AvgIpc) is 3.21. The van der Waals surface area contributed by atoms with E-state index in [2.05, 4.69) is 40.7 Å². The van der Waals surface area contributed by atoms with Gasteiger partial charge >= 0.3 is 0 Å².